The summed E-state index contributed by atoms with van der Waals surface area (Å²) in [5, 5.41) is 9.00. The lowest BCUT2D eigenvalue weighted by Gasteiger charge is -2.25. The molecule has 1 saturated heterocycles. The second-order valence-electron chi connectivity index (χ2n) is 9.70. The lowest BCUT2D eigenvalue weighted by molar-refractivity contribution is -0.141. The van der Waals surface area contributed by atoms with E-state index in [1.54, 1.807) is 0 Å². The first-order chi connectivity index (χ1) is 18.6. The van der Waals surface area contributed by atoms with Crippen molar-refractivity contribution in [1.82, 2.24) is 4.90 Å². The Bertz CT molecular complexity index is 1230. The first kappa shape index (κ1) is 26.9. The van der Waals surface area contributed by atoms with Gasteiger partial charge in [0.05, 0.1) is 24.8 Å². The molecule has 6 heteroatoms. The molecule has 3 aromatic rings. The van der Waals surface area contributed by atoms with Crippen LogP contribution in [-0.4, -0.2) is 43.1 Å². The molecule has 4 rings (SSSR count). The number of amides is 1. The predicted molar refractivity (Wildman–Crippen MR) is 146 cm³/mol. The van der Waals surface area contributed by atoms with Crippen LogP contribution in [0.15, 0.2) is 78.9 Å². The quantitative estimate of drug-likeness (QED) is 0.288. The Kier molecular flexibility index (Phi) is 9.53. The number of carbonyl (C=O) groups is 2. The lowest BCUT2D eigenvalue weighted by atomic mass is 9.98. The van der Waals surface area contributed by atoms with Crippen LogP contribution in [0.25, 0.3) is 11.1 Å². The summed E-state index contributed by atoms with van der Waals surface area (Å²) in [7, 11) is 1.39. The van der Waals surface area contributed by atoms with E-state index in [1.165, 1.54) is 12.7 Å². The molecule has 2 atom stereocenters. The number of benzene rings is 3. The summed E-state index contributed by atoms with van der Waals surface area (Å²) < 4.78 is 10.9. The van der Waals surface area contributed by atoms with E-state index in [0.29, 0.717) is 38.0 Å². The smallest absolute Gasteiger partial charge is 0.305 e. The minimum atomic E-state index is -0.237. The Balaban J connectivity index is 1.36. The molecule has 1 amide bonds. The number of esters is 1. The van der Waals surface area contributed by atoms with Crippen molar-refractivity contribution in [2.45, 2.75) is 44.6 Å². The van der Waals surface area contributed by atoms with Gasteiger partial charge in [0.1, 0.15) is 12.4 Å². The fraction of sp³-hybridized carbons (Fsp3) is 0.344. The zero-order chi connectivity index (χ0) is 26.7. The van der Waals surface area contributed by atoms with Gasteiger partial charge >= 0.3 is 5.97 Å². The van der Waals surface area contributed by atoms with Gasteiger partial charge < -0.3 is 14.4 Å². The molecule has 6 nitrogen and oxygen atoms in total. The topological polar surface area (TPSA) is 79.6 Å². The van der Waals surface area contributed by atoms with E-state index in [4.69, 9.17) is 14.7 Å². The fourth-order valence-corrected chi connectivity index (χ4v) is 5.03. The van der Waals surface area contributed by atoms with E-state index in [1.807, 2.05) is 71.6 Å². The molecule has 1 fully saturated rings. The normalized spacial score (nSPS) is 16.7. The summed E-state index contributed by atoms with van der Waals surface area (Å²) in [5.41, 5.74) is 3.99. The number of rotatable bonds is 12. The van der Waals surface area contributed by atoms with Crippen molar-refractivity contribution < 1.29 is 19.1 Å². The van der Waals surface area contributed by atoms with Crippen LogP contribution in [-0.2, 0) is 20.7 Å². The summed E-state index contributed by atoms with van der Waals surface area (Å²) in [6.45, 7) is 1.12. The number of aryl methyl sites for hydroxylation is 1. The van der Waals surface area contributed by atoms with Crippen LogP contribution < -0.4 is 4.74 Å². The van der Waals surface area contributed by atoms with Crippen molar-refractivity contribution in [3.63, 3.8) is 0 Å². The average Bonchev–Trinajstić information content (AvgIpc) is 3.26. The highest BCUT2D eigenvalue weighted by atomic mass is 16.5. The highest BCUT2D eigenvalue weighted by molar-refractivity contribution is 5.81. The molecule has 1 aliphatic rings. The second kappa shape index (κ2) is 13.4. The molecule has 3 aromatic carbocycles. The van der Waals surface area contributed by atoms with Gasteiger partial charge in [0.2, 0.25) is 5.91 Å². The molecule has 0 saturated carbocycles. The minimum absolute atomic E-state index is 0.000368. The van der Waals surface area contributed by atoms with Crippen molar-refractivity contribution in [3.05, 3.63) is 90.0 Å². The number of carbonyl (C=O) groups excluding carboxylic acids is 2. The number of hydrogen-bond donors (Lipinski definition) is 0. The monoisotopic (exact) mass is 510 g/mol. The Morgan fingerprint density at radius 1 is 0.974 bits per heavy atom. The van der Waals surface area contributed by atoms with E-state index in [-0.39, 0.29) is 23.8 Å². The van der Waals surface area contributed by atoms with Crippen LogP contribution in [0.1, 0.15) is 43.2 Å². The third kappa shape index (κ3) is 7.23. The van der Waals surface area contributed by atoms with E-state index in [2.05, 4.69) is 18.2 Å². The number of likely N-dealkylation sites (tertiary alicyclic amines) is 1. The molecule has 0 aliphatic carbocycles. The molecule has 0 spiro atoms. The fourth-order valence-electron chi connectivity index (χ4n) is 5.03. The summed E-state index contributed by atoms with van der Waals surface area (Å²) in [6.07, 6.45) is 4.20. The third-order valence-corrected chi connectivity index (χ3v) is 7.14. The van der Waals surface area contributed by atoms with Crippen molar-refractivity contribution in [2.24, 2.45) is 5.92 Å². The van der Waals surface area contributed by atoms with Crippen molar-refractivity contribution >= 4 is 11.9 Å². The Labute approximate surface area is 224 Å². The highest BCUT2D eigenvalue weighted by Crippen LogP contribution is 2.30. The first-order valence-corrected chi connectivity index (χ1v) is 13.2. The Morgan fingerprint density at radius 2 is 1.66 bits per heavy atom. The van der Waals surface area contributed by atoms with Crippen LogP contribution in [0.4, 0.5) is 0 Å². The number of methoxy groups -OCH3 is 1. The highest BCUT2D eigenvalue weighted by Gasteiger charge is 2.39. The average molecular weight is 511 g/mol. The van der Waals surface area contributed by atoms with Gasteiger partial charge in [0, 0.05) is 18.9 Å². The molecule has 1 heterocycles. The molecule has 196 valence electrons. The lowest BCUT2D eigenvalue weighted by Crippen LogP contribution is -2.38. The Hall–Kier alpha value is -4.11. The summed E-state index contributed by atoms with van der Waals surface area (Å²) >= 11 is 0. The van der Waals surface area contributed by atoms with Gasteiger partial charge in [-0.3, -0.25) is 9.59 Å². The zero-order valence-electron chi connectivity index (χ0n) is 21.8. The van der Waals surface area contributed by atoms with Gasteiger partial charge in [-0.15, -0.1) is 0 Å². The van der Waals surface area contributed by atoms with Gasteiger partial charge in [0.25, 0.3) is 0 Å². The molecular formula is C32H34N2O4. The molecule has 0 aromatic heterocycles. The molecular weight excluding hydrogens is 476 g/mol. The van der Waals surface area contributed by atoms with Crippen molar-refractivity contribution in [3.8, 4) is 22.9 Å². The van der Waals surface area contributed by atoms with Crippen LogP contribution in [0.2, 0.25) is 0 Å². The maximum absolute atomic E-state index is 13.3. The number of ether oxygens (including phenoxy) is 2. The standard InChI is InChI=1S/C32H34N2O4/c1-37-31(35)11-5-10-28-21-29(34(32(28)36)20-6-9-24-7-3-2-4-8-24)23-38-30-18-16-27(17-19-30)26-14-12-25(22-33)13-15-26/h2-4,7-8,12-19,28-29H,5-6,9-11,20-21,23H2,1H3/t28-,29+/m1/s1. The predicted octanol–water partition coefficient (Wildman–Crippen LogP) is 5.80. The second-order valence-corrected chi connectivity index (χ2v) is 9.70. The van der Waals surface area contributed by atoms with Gasteiger partial charge in [-0.2, -0.15) is 5.26 Å². The molecule has 0 bridgehead atoms. The van der Waals surface area contributed by atoms with Crippen LogP contribution in [0, 0.1) is 17.2 Å². The number of hydrogen-bond acceptors (Lipinski definition) is 5. The van der Waals surface area contributed by atoms with E-state index in [9.17, 15) is 9.59 Å². The maximum Gasteiger partial charge on any atom is 0.305 e. The number of nitrogens with zero attached hydrogens (tertiary/aromatic N) is 2. The van der Waals surface area contributed by atoms with Gasteiger partial charge in [-0.1, -0.05) is 54.6 Å². The summed E-state index contributed by atoms with van der Waals surface area (Å²) in [6, 6.07) is 27.8. The van der Waals surface area contributed by atoms with E-state index in [0.717, 1.165) is 36.1 Å². The minimum Gasteiger partial charge on any atom is -0.491 e. The van der Waals surface area contributed by atoms with Gasteiger partial charge in [-0.25, -0.2) is 0 Å². The largest absolute Gasteiger partial charge is 0.491 e. The Morgan fingerprint density at radius 3 is 2.32 bits per heavy atom. The molecule has 1 aliphatic heterocycles. The number of nitriles is 1. The van der Waals surface area contributed by atoms with Crippen LogP contribution in [0.3, 0.4) is 0 Å². The molecule has 38 heavy (non-hydrogen) atoms. The van der Waals surface area contributed by atoms with Crippen molar-refractivity contribution in [2.75, 3.05) is 20.3 Å². The van der Waals surface area contributed by atoms with Gasteiger partial charge in [0.15, 0.2) is 0 Å². The molecule has 0 N–H and O–H groups in total. The van der Waals surface area contributed by atoms with Crippen molar-refractivity contribution in [1.29, 1.82) is 5.26 Å². The van der Waals surface area contributed by atoms with Crippen LogP contribution >= 0.6 is 0 Å². The maximum atomic E-state index is 13.3. The van der Waals surface area contributed by atoms with Gasteiger partial charge in [-0.05, 0) is 73.1 Å². The molecule has 0 unspecified atom stereocenters. The summed E-state index contributed by atoms with van der Waals surface area (Å²) in [4.78, 5) is 26.8. The summed E-state index contributed by atoms with van der Waals surface area (Å²) in [5.74, 6) is 0.587. The van der Waals surface area contributed by atoms with E-state index >= 15 is 0 Å². The van der Waals surface area contributed by atoms with Crippen LogP contribution in [0.5, 0.6) is 5.75 Å². The SMILES string of the molecule is COC(=O)CCC[C@@H]1C[C@@H](COc2ccc(-c3ccc(C#N)cc3)cc2)N(CCCc2ccccc2)C1=O. The first-order valence-electron chi connectivity index (χ1n) is 13.2. The molecule has 0 radical (unpaired) electrons. The third-order valence-electron chi connectivity index (χ3n) is 7.14. The zero-order valence-corrected chi connectivity index (χ0v) is 21.8. The van der Waals surface area contributed by atoms with E-state index < -0.39 is 0 Å².